The van der Waals surface area contributed by atoms with Crippen molar-refractivity contribution in [3.63, 3.8) is 0 Å². The van der Waals surface area contributed by atoms with Gasteiger partial charge in [0.25, 0.3) is 5.69 Å². The first-order valence-electron chi connectivity index (χ1n) is 8.02. The van der Waals surface area contributed by atoms with Crippen molar-refractivity contribution in [1.82, 2.24) is 0 Å². The Morgan fingerprint density at radius 2 is 1.68 bits per heavy atom. The lowest BCUT2D eigenvalue weighted by atomic mass is 10.1. The van der Waals surface area contributed by atoms with Gasteiger partial charge < -0.3 is 18.9 Å². The van der Waals surface area contributed by atoms with Crippen LogP contribution in [-0.2, 0) is 16.1 Å². The molecule has 0 fully saturated rings. The van der Waals surface area contributed by atoms with E-state index >= 15 is 0 Å². The van der Waals surface area contributed by atoms with Crippen LogP contribution in [0.4, 0.5) is 5.69 Å². The number of methoxy groups -OCH3 is 1. The van der Waals surface area contributed by atoms with Crippen molar-refractivity contribution in [2.24, 2.45) is 0 Å². The summed E-state index contributed by atoms with van der Waals surface area (Å²) in [6.45, 7) is 0.743. The normalized spacial score (nSPS) is 12.2. The van der Waals surface area contributed by atoms with E-state index in [0.717, 1.165) is 19.2 Å². The molecule has 2 aromatic carbocycles. The van der Waals surface area contributed by atoms with Gasteiger partial charge in [0.05, 0.1) is 23.2 Å². The quantitative estimate of drug-likeness (QED) is 0.386. The highest BCUT2D eigenvalue weighted by Crippen LogP contribution is 2.36. The lowest BCUT2D eigenvalue weighted by Crippen LogP contribution is -2.16. The lowest BCUT2D eigenvalue weighted by Gasteiger charge is -2.19. The molecule has 0 unspecified atom stereocenters. The third-order valence-corrected chi connectivity index (χ3v) is 4.59. The monoisotopic (exact) mass is 451 g/mol. The number of carbonyl (C=O) groups excluding carboxylic acids is 2. The van der Waals surface area contributed by atoms with Crippen LogP contribution in [0.25, 0.3) is 0 Å². The summed E-state index contributed by atoms with van der Waals surface area (Å²) in [6.07, 6.45) is 0. The number of rotatable bonds is 5. The minimum atomic E-state index is -0.823. The number of carbonyl (C=O) groups is 2. The Bertz CT molecular complexity index is 959. The van der Waals surface area contributed by atoms with Crippen molar-refractivity contribution in [2.45, 2.75) is 6.61 Å². The molecular formula is C18H14BrNO8. The van der Waals surface area contributed by atoms with Gasteiger partial charge in [-0.05, 0) is 18.2 Å². The molecule has 146 valence electrons. The van der Waals surface area contributed by atoms with E-state index in [9.17, 15) is 19.7 Å². The summed E-state index contributed by atoms with van der Waals surface area (Å²) in [7, 11) is 1.14. The number of ether oxygens (including phenoxy) is 4. The number of esters is 2. The molecule has 0 N–H and O–H groups in total. The van der Waals surface area contributed by atoms with Crippen molar-refractivity contribution in [1.29, 1.82) is 0 Å². The van der Waals surface area contributed by atoms with Crippen molar-refractivity contribution in [3.05, 3.63) is 61.6 Å². The fourth-order valence-corrected chi connectivity index (χ4v) is 2.95. The van der Waals surface area contributed by atoms with Crippen molar-refractivity contribution >= 4 is 33.6 Å². The van der Waals surface area contributed by atoms with Crippen LogP contribution in [0.15, 0.2) is 34.8 Å². The zero-order valence-corrected chi connectivity index (χ0v) is 16.2. The molecule has 9 nitrogen and oxygen atoms in total. The summed E-state index contributed by atoms with van der Waals surface area (Å²) < 4.78 is 21.4. The number of nitrogens with zero attached hydrogens (tertiary/aromatic N) is 1. The third kappa shape index (κ3) is 4.22. The van der Waals surface area contributed by atoms with Crippen LogP contribution in [0.5, 0.6) is 11.5 Å². The Morgan fingerprint density at radius 3 is 2.29 bits per heavy atom. The van der Waals surface area contributed by atoms with Gasteiger partial charge in [-0.1, -0.05) is 15.9 Å². The van der Waals surface area contributed by atoms with Crippen LogP contribution in [-0.4, -0.2) is 37.2 Å². The number of nitro groups is 1. The summed E-state index contributed by atoms with van der Waals surface area (Å²) in [5, 5.41) is 11.1. The maximum absolute atomic E-state index is 12.4. The number of benzene rings is 2. The molecule has 10 heteroatoms. The average Bonchev–Trinajstić information content (AvgIpc) is 2.70. The molecule has 0 saturated carbocycles. The highest BCUT2D eigenvalue weighted by atomic mass is 79.9. The van der Waals surface area contributed by atoms with Crippen molar-refractivity contribution < 1.29 is 33.5 Å². The molecule has 2 aromatic rings. The number of hydrogen-bond donors (Lipinski definition) is 0. The topological polar surface area (TPSA) is 114 Å². The van der Waals surface area contributed by atoms with Crippen LogP contribution >= 0.6 is 15.9 Å². The number of nitro benzene ring substituents is 1. The molecule has 1 heterocycles. The molecule has 0 amide bonds. The zero-order valence-electron chi connectivity index (χ0n) is 14.6. The molecule has 3 rings (SSSR count). The standard InChI is InChI=1S/C18H14BrNO8/c1-25-17(21)10-4-11(6-13(5-10)20(23)24)18(22)28-9-12-7-15-16(8-14(12)19)27-3-2-26-15/h4-8H,2-3,9H2,1H3. The van der Waals surface area contributed by atoms with E-state index in [0.29, 0.717) is 34.7 Å². The minimum Gasteiger partial charge on any atom is -0.486 e. The smallest absolute Gasteiger partial charge is 0.338 e. The highest BCUT2D eigenvalue weighted by Gasteiger charge is 2.20. The largest absolute Gasteiger partial charge is 0.486 e. The van der Waals surface area contributed by atoms with Crippen LogP contribution in [0.2, 0.25) is 0 Å². The highest BCUT2D eigenvalue weighted by molar-refractivity contribution is 9.10. The molecule has 1 aliphatic rings. The van der Waals surface area contributed by atoms with E-state index in [4.69, 9.17) is 14.2 Å². The second-order valence-corrected chi connectivity index (χ2v) is 6.53. The van der Waals surface area contributed by atoms with Gasteiger partial charge in [-0.3, -0.25) is 10.1 Å². The maximum atomic E-state index is 12.4. The average molecular weight is 452 g/mol. The lowest BCUT2D eigenvalue weighted by molar-refractivity contribution is -0.384. The molecule has 0 atom stereocenters. The second-order valence-electron chi connectivity index (χ2n) is 5.68. The van der Waals surface area contributed by atoms with E-state index in [2.05, 4.69) is 20.7 Å². The predicted octanol–water partition coefficient (Wildman–Crippen LogP) is 3.27. The van der Waals surface area contributed by atoms with Gasteiger partial charge in [0.15, 0.2) is 11.5 Å². The Kier molecular flexibility index (Phi) is 5.78. The molecule has 0 aromatic heterocycles. The molecular weight excluding hydrogens is 438 g/mol. The number of fused-ring (bicyclic) bond motifs is 1. The van der Waals surface area contributed by atoms with E-state index in [1.54, 1.807) is 12.1 Å². The molecule has 0 spiro atoms. The number of halogens is 1. The van der Waals surface area contributed by atoms with Crippen molar-refractivity contribution in [2.75, 3.05) is 20.3 Å². The molecule has 28 heavy (non-hydrogen) atoms. The third-order valence-electron chi connectivity index (χ3n) is 3.86. The summed E-state index contributed by atoms with van der Waals surface area (Å²) in [4.78, 5) is 34.4. The van der Waals surface area contributed by atoms with Gasteiger partial charge in [-0.2, -0.15) is 0 Å². The maximum Gasteiger partial charge on any atom is 0.338 e. The molecule has 0 radical (unpaired) electrons. The fourth-order valence-electron chi connectivity index (χ4n) is 2.51. The Balaban J connectivity index is 1.80. The second kappa shape index (κ2) is 8.26. The first kappa shape index (κ1) is 19.6. The van der Waals surface area contributed by atoms with E-state index in [-0.39, 0.29) is 17.7 Å². The number of hydrogen-bond acceptors (Lipinski definition) is 8. The molecule has 1 aliphatic heterocycles. The van der Waals surface area contributed by atoms with Gasteiger partial charge in [-0.25, -0.2) is 9.59 Å². The van der Waals surface area contributed by atoms with Crippen LogP contribution in [0.3, 0.4) is 0 Å². The van der Waals surface area contributed by atoms with Crippen LogP contribution < -0.4 is 9.47 Å². The van der Waals surface area contributed by atoms with Crippen molar-refractivity contribution in [3.8, 4) is 11.5 Å². The SMILES string of the molecule is COC(=O)c1cc(C(=O)OCc2cc3c(cc2Br)OCCO3)cc([N+](=O)[O-])c1. The predicted molar refractivity (Wildman–Crippen MR) is 98.7 cm³/mol. The first-order valence-corrected chi connectivity index (χ1v) is 8.81. The van der Waals surface area contributed by atoms with Gasteiger partial charge in [-0.15, -0.1) is 0 Å². The Labute approximate surface area is 167 Å². The van der Waals surface area contributed by atoms with E-state index in [1.807, 2.05) is 0 Å². The fraction of sp³-hybridized carbons (Fsp3) is 0.222. The van der Waals surface area contributed by atoms with Gasteiger partial charge in [0.2, 0.25) is 0 Å². The Hall–Kier alpha value is -3.14. The summed E-state index contributed by atoms with van der Waals surface area (Å²) >= 11 is 3.38. The summed E-state index contributed by atoms with van der Waals surface area (Å²) in [6, 6.07) is 6.63. The van der Waals surface area contributed by atoms with Crippen LogP contribution in [0, 0.1) is 10.1 Å². The summed E-state index contributed by atoms with van der Waals surface area (Å²) in [5.41, 5.74) is -0.0565. The number of non-ortho nitro benzene ring substituents is 1. The minimum absolute atomic E-state index is 0.119. The van der Waals surface area contributed by atoms with E-state index in [1.165, 1.54) is 6.07 Å². The Morgan fingerprint density at radius 1 is 1.07 bits per heavy atom. The molecule has 0 aliphatic carbocycles. The van der Waals surface area contributed by atoms with Gasteiger partial charge >= 0.3 is 11.9 Å². The van der Waals surface area contributed by atoms with E-state index < -0.39 is 22.5 Å². The van der Waals surface area contributed by atoms with Crippen LogP contribution in [0.1, 0.15) is 26.3 Å². The molecule has 0 saturated heterocycles. The first-order chi connectivity index (χ1) is 13.4. The zero-order chi connectivity index (χ0) is 20.3. The van der Waals surface area contributed by atoms with Gasteiger partial charge in [0, 0.05) is 22.2 Å². The summed E-state index contributed by atoms with van der Waals surface area (Å²) in [5.74, 6) is -0.513. The molecule has 0 bridgehead atoms. The van der Waals surface area contributed by atoms with Gasteiger partial charge in [0.1, 0.15) is 19.8 Å².